The minimum atomic E-state index is 0.230. The number of aromatic nitrogens is 2. The van der Waals surface area contributed by atoms with Gasteiger partial charge in [-0.05, 0) is 18.6 Å². The molecule has 0 fully saturated rings. The summed E-state index contributed by atoms with van der Waals surface area (Å²) in [6.45, 7) is 2.10. The van der Waals surface area contributed by atoms with E-state index in [1.165, 1.54) is 5.56 Å². The summed E-state index contributed by atoms with van der Waals surface area (Å²) in [5, 5.41) is 4.18. The van der Waals surface area contributed by atoms with E-state index in [1.807, 2.05) is 29.1 Å². The van der Waals surface area contributed by atoms with Gasteiger partial charge in [0.1, 0.15) is 5.82 Å². The van der Waals surface area contributed by atoms with E-state index in [0.717, 1.165) is 0 Å². The summed E-state index contributed by atoms with van der Waals surface area (Å²) < 4.78 is 1.87. The van der Waals surface area contributed by atoms with Gasteiger partial charge < -0.3 is 5.73 Å². The Morgan fingerprint density at radius 3 is 2.50 bits per heavy atom. The SMILES string of the molecule is C[C@@H](c1ccccc1)n1ccc(N)n1. The van der Waals surface area contributed by atoms with E-state index >= 15 is 0 Å². The van der Waals surface area contributed by atoms with Crippen LogP contribution >= 0.6 is 0 Å². The molecular weight excluding hydrogens is 174 g/mol. The molecule has 1 aromatic carbocycles. The van der Waals surface area contributed by atoms with Crippen molar-refractivity contribution in [2.24, 2.45) is 0 Å². The van der Waals surface area contributed by atoms with Gasteiger partial charge in [0.25, 0.3) is 0 Å². The van der Waals surface area contributed by atoms with Gasteiger partial charge in [0.2, 0.25) is 0 Å². The van der Waals surface area contributed by atoms with Crippen LogP contribution < -0.4 is 5.73 Å². The van der Waals surface area contributed by atoms with Gasteiger partial charge in [-0.15, -0.1) is 0 Å². The highest BCUT2D eigenvalue weighted by Gasteiger charge is 2.07. The van der Waals surface area contributed by atoms with Crippen molar-refractivity contribution >= 4 is 5.82 Å². The third kappa shape index (κ3) is 1.62. The first kappa shape index (κ1) is 8.81. The maximum Gasteiger partial charge on any atom is 0.145 e. The zero-order valence-corrected chi connectivity index (χ0v) is 8.09. The summed E-state index contributed by atoms with van der Waals surface area (Å²) >= 11 is 0. The standard InChI is InChI=1S/C11H13N3/c1-9(10-5-3-2-4-6-10)14-8-7-11(12)13-14/h2-9H,1H3,(H2,12,13)/t9-/m0/s1. The number of nitrogen functional groups attached to an aromatic ring is 1. The molecular formula is C11H13N3. The molecule has 0 unspecified atom stereocenters. The van der Waals surface area contributed by atoms with Crippen molar-refractivity contribution in [3.63, 3.8) is 0 Å². The fourth-order valence-corrected chi connectivity index (χ4v) is 1.45. The minimum absolute atomic E-state index is 0.230. The molecule has 0 aliphatic carbocycles. The van der Waals surface area contributed by atoms with Gasteiger partial charge in [0.15, 0.2) is 0 Å². The number of nitrogens with two attached hydrogens (primary N) is 1. The minimum Gasteiger partial charge on any atom is -0.382 e. The summed E-state index contributed by atoms with van der Waals surface area (Å²) in [5.74, 6) is 0.563. The first-order valence-corrected chi connectivity index (χ1v) is 4.63. The van der Waals surface area contributed by atoms with Crippen LogP contribution in [0.25, 0.3) is 0 Å². The topological polar surface area (TPSA) is 43.8 Å². The number of anilines is 1. The molecule has 0 bridgehead atoms. The Labute approximate surface area is 83.2 Å². The lowest BCUT2D eigenvalue weighted by molar-refractivity contribution is 0.567. The van der Waals surface area contributed by atoms with Crippen LogP contribution in [-0.4, -0.2) is 9.78 Å². The zero-order valence-electron chi connectivity index (χ0n) is 8.09. The molecule has 1 heterocycles. The van der Waals surface area contributed by atoms with Crippen LogP contribution in [0.3, 0.4) is 0 Å². The molecule has 0 aliphatic rings. The largest absolute Gasteiger partial charge is 0.382 e. The van der Waals surface area contributed by atoms with E-state index in [4.69, 9.17) is 5.73 Å². The van der Waals surface area contributed by atoms with Crippen LogP contribution in [0.15, 0.2) is 42.6 Å². The molecule has 1 aromatic heterocycles. The zero-order chi connectivity index (χ0) is 9.97. The maximum absolute atomic E-state index is 5.56. The molecule has 0 radical (unpaired) electrons. The lowest BCUT2D eigenvalue weighted by atomic mass is 10.1. The van der Waals surface area contributed by atoms with Crippen LogP contribution in [0.2, 0.25) is 0 Å². The van der Waals surface area contributed by atoms with Crippen molar-refractivity contribution in [2.75, 3.05) is 5.73 Å². The third-order valence-electron chi connectivity index (χ3n) is 2.31. The van der Waals surface area contributed by atoms with E-state index < -0.39 is 0 Å². The molecule has 1 atom stereocenters. The van der Waals surface area contributed by atoms with E-state index in [0.29, 0.717) is 5.82 Å². The highest BCUT2D eigenvalue weighted by molar-refractivity contribution is 5.26. The highest BCUT2D eigenvalue weighted by Crippen LogP contribution is 2.16. The van der Waals surface area contributed by atoms with Crippen molar-refractivity contribution in [3.8, 4) is 0 Å². The number of nitrogens with zero attached hydrogens (tertiary/aromatic N) is 2. The molecule has 0 spiro atoms. The molecule has 3 nitrogen and oxygen atoms in total. The monoisotopic (exact) mass is 187 g/mol. The van der Waals surface area contributed by atoms with Crippen molar-refractivity contribution in [1.29, 1.82) is 0 Å². The summed E-state index contributed by atoms with van der Waals surface area (Å²) in [5.41, 5.74) is 6.79. The van der Waals surface area contributed by atoms with Gasteiger partial charge in [-0.1, -0.05) is 30.3 Å². The second-order valence-electron chi connectivity index (χ2n) is 3.31. The van der Waals surface area contributed by atoms with Crippen molar-refractivity contribution in [3.05, 3.63) is 48.2 Å². The molecule has 72 valence electrons. The van der Waals surface area contributed by atoms with Gasteiger partial charge in [-0.3, -0.25) is 4.68 Å². The fraction of sp³-hybridized carbons (Fsp3) is 0.182. The third-order valence-corrected chi connectivity index (χ3v) is 2.31. The van der Waals surface area contributed by atoms with Gasteiger partial charge in [-0.25, -0.2) is 0 Å². The van der Waals surface area contributed by atoms with Gasteiger partial charge in [0, 0.05) is 6.20 Å². The highest BCUT2D eigenvalue weighted by atomic mass is 15.3. The fourth-order valence-electron chi connectivity index (χ4n) is 1.45. The van der Waals surface area contributed by atoms with Gasteiger partial charge in [-0.2, -0.15) is 5.10 Å². The summed E-state index contributed by atoms with van der Waals surface area (Å²) in [7, 11) is 0. The van der Waals surface area contributed by atoms with Gasteiger partial charge in [0.05, 0.1) is 6.04 Å². The molecule has 2 N–H and O–H groups in total. The van der Waals surface area contributed by atoms with Crippen molar-refractivity contribution < 1.29 is 0 Å². The lowest BCUT2D eigenvalue weighted by Gasteiger charge is -2.11. The normalized spacial score (nSPS) is 12.6. The second-order valence-corrected chi connectivity index (χ2v) is 3.31. The Morgan fingerprint density at radius 1 is 1.21 bits per heavy atom. The summed E-state index contributed by atoms with van der Waals surface area (Å²) in [6, 6.07) is 12.3. The molecule has 0 amide bonds. The Hall–Kier alpha value is -1.77. The Balaban J connectivity index is 2.29. The average Bonchev–Trinajstić information content (AvgIpc) is 2.65. The van der Waals surface area contributed by atoms with E-state index in [9.17, 15) is 0 Å². The predicted octanol–water partition coefficient (Wildman–Crippen LogP) is 2.07. The van der Waals surface area contributed by atoms with E-state index in [2.05, 4.69) is 24.2 Å². The molecule has 2 rings (SSSR count). The van der Waals surface area contributed by atoms with Crippen molar-refractivity contribution in [2.45, 2.75) is 13.0 Å². The first-order chi connectivity index (χ1) is 6.77. The molecule has 14 heavy (non-hydrogen) atoms. The summed E-state index contributed by atoms with van der Waals surface area (Å²) in [4.78, 5) is 0. The molecule has 3 heteroatoms. The Bertz CT molecular complexity index is 405. The molecule has 0 saturated carbocycles. The molecule has 0 saturated heterocycles. The maximum atomic E-state index is 5.56. The predicted molar refractivity (Wildman–Crippen MR) is 56.9 cm³/mol. The average molecular weight is 187 g/mol. The molecule has 2 aromatic rings. The second kappa shape index (κ2) is 3.54. The lowest BCUT2D eigenvalue weighted by Crippen LogP contribution is -2.07. The van der Waals surface area contributed by atoms with Crippen LogP contribution in [0.4, 0.5) is 5.82 Å². The van der Waals surface area contributed by atoms with Crippen LogP contribution in [0.5, 0.6) is 0 Å². The smallest absolute Gasteiger partial charge is 0.145 e. The number of rotatable bonds is 2. The Morgan fingerprint density at radius 2 is 1.93 bits per heavy atom. The van der Waals surface area contributed by atoms with Crippen LogP contribution in [0.1, 0.15) is 18.5 Å². The van der Waals surface area contributed by atoms with Crippen LogP contribution in [0, 0.1) is 0 Å². The summed E-state index contributed by atoms with van der Waals surface area (Å²) in [6.07, 6.45) is 1.90. The number of benzene rings is 1. The number of hydrogen-bond donors (Lipinski definition) is 1. The van der Waals surface area contributed by atoms with Crippen molar-refractivity contribution in [1.82, 2.24) is 9.78 Å². The van der Waals surface area contributed by atoms with Gasteiger partial charge >= 0.3 is 0 Å². The number of hydrogen-bond acceptors (Lipinski definition) is 2. The quantitative estimate of drug-likeness (QED) is 0.782. The van der Waals surface area contributed by atoms with E-state index in [1.54, 1.807) is 6.07 Å². The Kier molecular flexibility index (Phi) is 2.23. The van der Waals surface area contributed by atoms with E-state index in [-0.39, 0.29) is 6.04 Å². The molecule has 0 aliphatic heterocycles. The first-order valence-electron chi connectivity index (χ1n) is 4.63. The van der Waals surface area contributed by atoms with Crippen LogP contribution in [-0.2, 0) is 0 Å².